The maximum absolute atomic E-state index is 11.9. The van der Waals surface area contributed by atoms with Crippen LogP contribution in [0, 0.1) is 23.2 Å². The van der Waals surface area contributed by atoms with Crippen LogP contribution in [-0.4, -0.2) is 5.91 Å². The molecule has 1 unspecified atom stereocenters. The highest BCUT2D eigenvalue weighted by Gasteiger charge is 2.22. The second-order valence-corrected chi connectivity index (χ2v) is 5.14. The minimum absolute atomic E-state index is 0.0297. The first-order valence-electron chi connectivity index (χ1n) is 5.12. The van der Waals surface area contributed by atoms with Gasteiger partial charge in [-0.15, -0.1) is 0 Å². The normalized spacial score (nSPS) is 12.0. The van der Waals surface area contributed by atoms with E-state index in [1.165, 1.54) is 0 Å². The Morgan fingerprint density at radius 1 is 1.53 bits per heavy atom. The molecule has 0 aromatic heterocycles. The van der Waals surface area contributed by atoms with Crippen molar-refractivity contribution in [2.24, 2.45) is 11.8 Å². The summed E-state index contributed by atoms with van der Waals surface area (Å²) in [5, 5.41) is 12.1. The van der Waals surface area contributed by atoms with E-state index in [1.807, 2.05) is 19.9 Å². The van der Waals surface area contributed by atoms with Gasteiger partial charge >= 0.3 is 0 Å². The monoisotopic (exact) mass is 314 g/mol. The smallest absolute Gasteiger partial charge is 0.242 e. The predicted octanol–water partition coefficient (Wildman–Crippen LogP) is 3.84. The fourth-order valence-corrected chi connectivity index (χ4v) is 1.86. The third-order valence-electron chi connectivity index (χ3n) is 2.30. The van der Waals surface area contributed by atoms with E-state index in [1.54, 1.807) is 18.2 Å². The third-order valence-corrected chi connectivity index (χ3v) is 3.70. The molecule has 1 N–H and O–H groups in total. The molecule has 1 aromatic rings. The molecule has 5 heteroatoms. The van der Waals surface area contributed by atoms with E-state index < -0.39 is 5.92 Å². The molecule has 17 heavy (non-hydrogen) atoms. The summed E-state index contributed by atoms with van der Waals surface area (Å²) >= 11 is 9.20. The maximum Gasteiger partial charge on any atom is 0.242 e. The number of hydrogen-bond acceptors (Lipinski definition) is 2. The number of anilines is 1. The van der Waals surface area contributed by atoms with Gasteiger partial charge in [0.15, 0.2) is 0 Å². The first-order valence-corrected chi connectivity index (χ1v) is 6.29. The summed E-state index contributed by atoms with van der Waals surface area (Å²) in [5.41, 5.74) is 0.573. The minimum Gasteiger partial charge on any atom is -0.324 e. The van der Waals surface area contributed by atoms with Crippen molar-refractivity contribution in [2.75, 3.05) is 5.32 Å². The molecule has 0 bridgehead atoms. The molecule has 1 amide bonds. The second kappa shape index (κ2) is 6.04. The number of rotatable bonds is 3. The first kappa shape index (κ1) is 14.0. The second-order valence-electron chi connectivity index (χ2n) is 3.94. The van der Waals surface area contributed by atoms with Gasteiger partial charge in [-0.05, 0) is 34.0 Å². The molecule has 90 valence electrons. The van der Waals surface area contributed by atoms with Gasteiger partial charge in [-0.2, -0.15) is 5.26 Å². The topological polar surface area (TPSA) is 52.9 Å². The number of benzene rings is 1. The Kier molecular flexibility index (Phi) is 4.98. The zero-order valence-electron chi connectivity index (χ0n) is 9.50. The lowest BCUT2D eigenvalue weighted by Gasteiger charge is -2.14. The summed E-state index contributed by atoms with van der Waals surface area (Å²) in [4.78, 5) is 11.9. The molecular formula is C12H12BrClN2O. The van der Waals surface area contributed by atoms with Crippen LogP contribution < -0.4 is 5.32 Å². The highest BCUT2D eigenvalue weighted by Crippen LogP contribution is 2.30. The highest BCUT2D eigenvalue weighted by atomic mass is 79.9. The minimum atomic E-state index is -0.666. The van der Waals surface area contributed by atoms with E-state index in [0.29, 0.717) is 15.2 Å². The average Bonchev–Trinajstić information content (AvgIpc) is 2.25. The molecule has 3 nitrogen and oxygen atoms in total. The molecule has 0 spiro atoms. The maximum atomic E-state index is 11.9. The molecule has 0 aliphatic carbocycles. The fourth-order valence-electron chi connectivity index (χ4n) is 1.32. The Hall–Kier alpha value is -1.05. The predicted molar refractivity (Wildman–Crippen MR) is 71.7 cm³/mol. The quantitative estimate of drug-likeness (QED) is 0.921. The van der Waals surface area contributed by atoms with Crippen molar-refractivity contribution >= 4 is 39.1 Å². The summed E-state index contributed by atoms with van der Waals surface area (Å²) < 4.78 is 0.621. The van der Waals surface area contributed by atoms with E-state index in [0.717, 1.165) is 0 Å². The number of nitriles is 1. The van der Waals surface area contributed by atoms with Gasteiger partial charge < -0.3 is 5.32 Å². The van der Waals surface area contributed by atoms with Crippen molar-refractivity contribution in [1.29, 1.82) is 5.26 Å². The van der Waals surface area contributed by atoms with Gasteiger partial charge in [-0.25, -0.2) is 0 Å². The molecular weight excluding hydrogens is 304 g/mol. The summed E-state index contributed by atoms with van der Waals surface area (Å²) in [6.45, 7) is 3.67. The number of nitrogens with one attached hydrogen (secondary N) is 1. The van der Waals surface area contributed by atoms with Crippen LogP contribution in [0.15, 0.2) is 22.7 Å². The summed E-state index contributed by atoms with van der Waals surface area (Å²) in [7, 11) is 0. The van der Waals surface area contributed by atoms with Crippen LogP contribution in [0.4, 0.5) is 5.69 Å². The zero-order chi connectivity index (χ0) is 13.0. The largest absolute Gasteiger partial charge is 0.324 e. The molecule has 0 aliphatic heterocycles. The number of carbonyl (C=O) groups excluding carboxylic acids is 1. The zero-order valence-corrected chi connectivity index (χ0v) is 11.8. The molecule has 1 aromatic carbocycles. The number of carbonyl (C=O) groups is 1. The molecule has 0 heterocycles. The third kappa shape index (κ3) is 3.45. The Morgan fingerprint density at radius 3 is 2.71 bits per heavy atom. The lowest BCUT2D eigenvalue weighted by atomic mass is 9.96. The first-order chi connectivity index (χ1) is 7.97. The molecule has 1 rings (SSSR count). The standard InChI is InChI=1S/C12H12BrClN2O/c1-7(2)8(6-15)12(17)16-10-5-3-4-9(14)11(10)13/h3-5,7-8H,1-2H3,(H,16,17). The van der Waals surface area contributed by atoms with Gasteiger partial charge in [0, 0.05) is 0 Å². The van der Waals surface area contributed by atoms with Crippen molar-refractivity contribution in [2.45, 2.75) is 13.8 Å². The van der Waals surface area contributed by atoms with Crippen LogP contribution in [0.3, 0.4) is 0 Å². The molecule has 1 atom stereocenters. The van der Waals surface area contributed by atoms with Gasteiger partial charge in [0.1, 0.15) is 5.92 Å². The van der Waals surface area contributed by atoms with Gasteiger partial charge in [0.05, 0.1) is 21.3 Å². The molecule has 0 saturated heterocycles. The number of nitrogens with zero attached hydrogens (tertiary/aromatic N) is 1. The van der Waals surface area contributed by atoms with E-state index in [4.69, 9.17) is 16.9 Å². The molecule has 0 aliphatic rings. The van der Waals surface area contributed by atoms with Crippen LogP contribution in [0.25, 0.3) is 0 Å². The van der Waals surface area contributed by atoms with Gasteiger partial charge in [0.25, 0.3) is 0 Å². The van der Waals surface area contributed by atoms with E-state index in [2.05, 4.69) is 21.2 Å². The van der Waals surface area contributed by atoms with Crippen LogP contribution in [0.2, 0.25) is 5.02 Å². The van der Waals surface area contributed by atoms with Crippen molar-refractivity contribution in [3.05, 3.63) is 27.7 Å². The summed E-state index contributed by atoms with van der Waals surface area (Å²) in [6.07, 6.45) is 0. The van der Waals surface area contributed by atoms with Crippen LogP contribution in [0.5, 0.6) is 0 Å². The van der Waals surface area contributed by atoms with Crippen LogP contribution in [-0.2, 0) is 4.79 Å². The van der Waals surface area contributed by atoms with Crippen LogP contribution >= 0.6 is 27.5 Å². The van der Waals surface area contributed by atoms with Crippen LogP contribution in [0.1, 0.15) is 13.8 Å². The fraction of sp³-hybridized carbons (Fsp3) is 0.333. The number of amides is 1. The Labute approximate surface area is 114 Å². The van der Waals surface area contributed by atoms with Crippen molar-refractivity contribution in [3.8, 4) is 6.07 Å². The van der Waals surface area contributed by atoms with E-state index >= 15 is 0 Å². The van der Waals surface area contributed by atoms with E-state index in [-0.39, 0.29) is 11.8 Å². The molecule has 0 fully saturated rings. The average molecular weight is 316 g/mol. The Balaban J connectivity index is 2.89. The van der Waals surface area contributed by atoms with Gasteiger partial charge in [0.2, 0.25) is 5.91 Å². The lowest BCUT2D eigenvalue weighted by molar-refractivity contribution is -0.119. The number of halogens is 2. The van der Waals surface area contributed by atoms with Crippen molar-refractivity contribution in [3.63, 3.8) is 0 Å². The summed E-state index contributed by atoms with van der Waals surface area (Å²) in [5.74, 6) is -1.01. The molecule has 0 radical (unpaired) electrons. The summed E-state index contributed by atoms with van der Waals surface area (Å²) in [6, 6.07) is 7.17. The number of hydrogen-bond donors (Lipinski definition) is 1. The molecule has 0 saturated carbocycles. The van der Waals surface area contributed by atoms with Gasteiger partial charge in [-0.3, -0.25) is 4.79 Å². The Morgan fingerprint density at radius 2 is 2.18 bits per heavy atom. The Bertz CT molecular complexity index is 468. The van der Waals surface area contributed by atoms with Crippen molar-refractivity contribution < 1.29 is 4.79 Å². The van der Waals surface area contributed by atoms with Crippen molar-refractivity contribution in [1.82, 2.24) is 0 Å². The lowest BCUT2D eigenvalue weighted by Crippen LogP contribution is -2.25. The van der Waals surface area contributed by atoms with Gasteiger partial charge in [-0.1, -0.05) is 31.5 Å². The SMILES string of the molecule is CC(C)C(C#N)C(=O)Nc1cccc(Cl)c1Br. The van der Waals surface area contributed by atoms with E-state index in [9.17, 15) is 4.79 Å². The highest BCUT2D eigenvalue weighted by molar-refractivity contribution is 9.10.